The van der Waals surface area contributed by atoms with Crippen molar-refractivity contribution in [2.45, 2.75) is 0 Å². The lowest BCUT2D eigenvalue weighted by Gasteiger charge is -2.14. The lowest BCUT2D eigenvalue weighted by molar-refractivity contribution is 1.07. The van der Waals surface area contributed by atoms with Crippen LogP contribution in [0.25, 0.3) is 105 Å². The van der Waals surface area contributed by atoms with E-state index in [-0.39, 0.29) is 0 Å². The summed E-state index contributed by atoms with van der Waals surface area (Å²) in [5.74, 6) is 1.96. The van der Waals surface area contributed by atoms with E-state index in [1.807, 2.05) is 60.7 Å². The Morgan fingerprint density at radius 1 is 0.255 bits per heavy atom. The van der Waals surface area contributed by atoms with Crippen molar-refractivity contribution in [3.8, 4) is 51.0 Å². The predicted octanol–water partition coefficient (Wildman–Crippen LogP) is 13.1. The molecule has 11 aromatic rings. The molecule has 4 heteroatoms. The van der Waals surface area contributed by atoms with Crippen molar-refractivity contribution in [1.29, 1.82) is 0 Å². The summed E-state index contributed by atoms with van der Waals surface area (Å²) in [6, 6.07) is 68.8. The van der Waals surface area contributed by atoms with Gasteiger partial charge in [-0.25, -0.2) is 15.0 Å². The quantitative estimate of drug-likeness (QED) is 0.168. The van der Waals surface area contributed by atoms with E-state index in [1.165, 1.54) is 65.3 Å². The van der Waals surface area contributed by atoms with Crippen LogP contribution in [-0.2, 0) is 0 Å². The van der Waals surface area contributed by atoms with E-state index in [4.69, 9.17) is 15.0 Å². The topological polar surface area (TPSA) is 43.6 Å². The number of hydrogen-bond donors (Lipinski definition) is 0. The lowest BCUT2D eigenvalue weighted by atomic mass is 9.91. The molecule has 0 N–H and O–H groups in total. The highest BCUT2D eigenvalue weighted by Crippen LogP contribution is 2.40. The largest absolute Gasteiger partial charge is 0.309 e. The van der Waals surface area contributed by atoms with Crippen molar-refractivity contribution in [1.82, 2.24) is 19.5 Å². The third-order valence-corrected chi connectivity index (χ3v) is 10.8. The maximum absolute atomic E-state index is 5.03. The van der Waals surface area contributed by atoms with Gasteiger partial charge in [0.1, 0.15) is 0 Å². The van der Waals surface area contributed by atoms with Gasteiger partial charge in [-0.3, -0.25) is 0 Å². The molecular weight excluding hydrogens is 669 g/mol. The maximum atomic E-state index is 5.03. The fourth-order valence-electron chi connectivity index (χ4n) is 8.22. The molecule has 0 radical (unpaired) electrons. The Balaban J connectivity index is 1.07. The Morgan fingerprint density at radius 2 is 0.655 bits per heavy atom. The average molecular weight is 701 g/mol. The molecule has 2 heterocycles. The Morgan fingerprint density at radius 3 is 1.25 bits per heavy atom. The molecule has 0 aliphatic rings. The summed E-state index contributed by atoms with van der Waals surface area (Å²) < 4.78 is 2.37. The van der Waals surface area contributed by atoms with E-state index in [0.717, 1.165) is 22.4 Å². The van der Waals surface area contributed by atoms with Crippen molar-refractivity contribution in [3.05, 3.63) is 194 Å². The highest BCUT2D eigenvalue weighted by molar-refractivity contribution is 6.26. The molecule has 0 amide bonds. The van der Waals surface area contributed by atoms with Crippen LogP contribution in [0.3, 0.4) is 0 Å². The molecule has 0 unspecified atom stereocenters. The van der Waals surface area contributed by atoms with Gasteiger partial charge in [0.2, 0.25) is 0 Å². The number of aromatic nitrogens is 4. The van der Waals surface area contributed by atoms with Crippen LogP contribution >= 0.6 is 0 Å². The molecule has 256 valence electrons. The zero-order valence-electron chi connectivity index (χ0n) is 29.8. The lowest BCUT2D eigenvalue weighted by Crippen LogP contribution is -2.00. The summed E-state index contributed by atoms with van der Waals surface area (Å²) in [7, 11) is 0. The van der Waals surface area contributed by atoms with Crippen LogP contribution in [0.1, 0.15) is 0 Å². The van der Waals surface area contributed by atoms with Gasteiger partial charge in [-0.05, 0) is 85.9 Å². The first-order valence-electron chi connectivity index (χ1n) is 18.6. The second-order valence-electron chi connectivity index (χ2n) is 14.0. The first-order chi connectivity index (χ1) is 27.3. The van der Waals surface area contributed by atoms with Crippen molar-refractivity contribution in [2.24, 2.45) is 0 Å². The maximum Gasteiger partial charge on any atom is 0.164 e. The van der Waals surface area contributed by atoms with E-state index in [2.05, 4.69) is 138 Å². The van der Waals surface area contributed by atoms with Gasteiger partial charge in [0.15, 0.2) is 17.5 Å². The predicted molar refractivity (Wildman–Crippen MR) is 228 cm³/mol. The number of hydrogen-bond acceptors (Lipinski definition) is 3. The molecule has 2 aromatic heterocycles. The molecule has 0 fully saturated rings. The first-order valence-corrected chi connectivity index (χ1v) is 18.6. The van der Waals surface area contributed by atoms with Gasteiger partial charge in [0.25, 0.3) is 0 Å². The van der Waals surface area contributed by atoms with Crippen molar-refractivity contribution in [3.63, 3.8) is 0 Å². The smallest absolute Gasteiger partial charge is 0.164 e. The van der Waals surface area contributed by atoms with Gasteiger partial charge < -0.3 is 4.57 Å². The van der Waals surface area contributed by atoms with Gasteiger partial charge in [0, 0.05) is 33.2 Å². The van der Waals surface area contributed by atoms with Gasteiger partial charge >= 0.3 is 0 Å². The minimum Gasteiger partial charge on any atom is -0.309 e. The molecule has 11 rings (SSSR count). The fraction of sp³-hybridized carbons (Fsp3) is 0. The molecule has 4 nitrogen and oxygen atoms in total. The van der Waals surface area contributed by atoms with Gasteiger partial charge in [0.05, 0.1) is 11.0 Å². The molecule has 0 saturated carbocycles. The van der Waals surface area contributed by atoms with E-state index in [0.29, 0.717) is 17.5 Å². The van der Waals surface area contributed by atoms with Crippen LogP contribution in [0, 0.1) is 0 Å². The van der Waals surface area contributed by atoms with Gasteiger partial charge in [-0.1, -0.05) is 152 Å². The molecule has 0 spiro atoms. The van der Waals surface area contributed by atoms with E-state index < -0.39 is 0 Å². The highest BCUT2D eigenvalue weighted by atomic mass is 15.0. The number of rotatable bonds is 5. The second-order valence-corrected chi connectivity index (χ2v) is 14.0. The zero-order valence-corrected chi connectivity index (χ0v) is 29.8. The van der Waals surface area contributed by atoms with E-state index >= 15 is 0 Å². The van der Waals surface area contributed by atoms with Crippen LogP contribution in [0.4, 0.5) is 0 Å². The second kappa shape index (κ2) is 12.6. The highest BCUT2D eigenvalue weighted by Gasteiger charge is 2.17. The number of nitrogens with zero attached hydrogens (tertiary/aromatic N) is 4. The normalized spacial score (nSPS) is 11.6. The van der Waals surface area contributed by atoms with Crippen LogP contribution in [0.5, 0.6) is 0 Å². The summed E-state index contributed by atoms with van der Waals surface area (Å²) >= 11 is 0. The Bertz CT molecular complexity index is 3160. The Labute approximate surface area is 317 Å². The summed E-state index contributed by atoms with van der Waals surface area (Å²) in [5.41, 5.74) is 8.83. The number of fused-ring (bicyclic) bond motifs is 9. The van der Waals surface area contributed by atoms with Gasteiger partial charge in [-0.15, -0.1) is 0 Å². The first kappa shape index (κ1) is 31.1. The van der Waals surface area contributed by atoms with Crippen molar-refractivity contribution < 1.29 is 0 Å². The van der Waals surface area contributed by atoms with Crippen molar-refractivity contribution >= 4 is 54.1 Å². The Kier molecular flexibility index (Phi) is 7.14. The van der Waals surface area contributed by atoms with Crippen LogP contribution in [0.2, 0.25) is 0 Å². The molecule has 0 aliphatic heterocycles. The molecule has 0 atom stereocenters. The SMILES string of the molecule is c1ccc(-c2nc(-c3ccccc3)nc(-c3ccc4c5ccc(-c6ccc7c(c6)c6ccccc6n7-c6ccccc6)cc5c5ccccc5c4c3)n2)cc1. The summed E-state index contributed by atoms with van der Waals surface area (Å²) in [6.07, 6.45) is 0. The van der Waals surface area contributed by atoms with Crippen LogP contribution in [0.15, 0.2) is 194 Å². The average Bonchev–Trinajstić information content (AvgIpc) is 3.60. The minimum absolute atomic E-state index is 0.651. The minimum atomic E-state index is 0.651. The standard InChI is InChI=1S/C51H32N4/c1-4-14-33(15-5-1)49-52-50(34-16-6-2-7-17-34)54-51(53-49)37-25-28-42-41-27-24-35(30-44(41)39-20-10-11-21-40(39)45(42)32-37)36-26-29-48-46(31-36)43-22-12-13-23-47(43)55(48)38-18-8-3-9-19-38/h1-32H. The van der Waals surface area contributed by atoms with Crippen molar-refractivity contribution in [2.75, 3.05) is 0 Å². The number of benzene rings is 9. The monoisotopic (exact) mass is 700 g/mol. The molecule has 9 aromatic carbocycles. The van der Waals surface area contributed by atoms with E-state index in [9.17, 15) is 0 Å². The molecular formula is C51H32N4. The summed E-state index contributed by atoms with van der Waals surface area (Å²) in [4.78, 5) is 15.0. The fourth-order valence-corrected chi connectivity index (χ4v) is 8.22. The summed E-state index contributed by atoms with van der Waals surface area (Å²) in [6.45, 7) is 0. The zero-order chi connectivity index (χ0) is 36.3. The van der Waals surface area contributed by atoms with Gasteiger partial charge in [-0.2, -0.15) is 0 Å². The van der Waals surface area contributed by atoms with Crippen LogP contribution in [-0.4, -0.2) is 19.5 Å². The molecule has 0 bridgehead atoms. The molecule has 0 saturated heterocycles. The third-order valence-electron chi connectivity index (χ3n) is 10.8. The number of para-hydroxylation sites is 2. The summed E-state index contributed by atoms with van der Waals surface area (Å²) in [5, 5.41) is 9.74. The molecule has 0 aliphatic carbocycles. The van der Waals surface area contributed by atoms with E-state index in [1.54, 1.807) is 0 Å². The van der Waals surface area contributed by atoms with Crippen LogP contribution < -0.4 is 0 Å². The Hall–Kier alpha value is -7.43. The third kappa shape index (κ3) is 5.19. The molecule has 55 heavy (non-hydrogen) atoms.